The van der Waals surface area contributed by atoms with E-state index in [0.29, 0.717) is 12.0 Å². The lowest BCUT2D eigenvalue weighted by molar-refractivity contribution is -0.111. The number of rotatable bonds is 2. The summed E-state index contributed by atoms with van der Waals surface area (Å²) in [7, 11) is 0. The van der Waals surface area contributed by atoms with Crippen LogP contribution in [0.1, 0.15) is 16.8 Å². The van der Waals surface area contributed by atoms with E-state index < -0.39 is 11.7 Å². The molecule has 0 unspecified atom stereocenters. The smallest absolute Gasteiger partial charge is 0.257 e. The summed E-state index contributed by atoms with van der Waals surface area (Å²) < 4.78 is 12.7. The summed E-state index contributed by atoms with van der Waals surface area (Å²) >= 11 is 6.22. The van der Waals surface area contributed by atoms with Crippen LogP contribution in [0, 0.1) is 5.82 Å². The first-order chi connectivity index (χ1) is 9.06. The first kappa shape index (κ1) is 14.0. The Morgan fingerprint density at radius 3 is 2.63 bits per heavy atom. The van der Waals surface area contributed by atoms with Crippen LogP contribution in [-0.4, -0.2) is 27.9 Å². The number of amides is 1. The molecule has 1 amide bonds. The molecule has 100 valence electrons. The summed E-state index contributed by atoms with van der Waals surface area (Å²) in [5, 5.41) is 5.39. The highest BCUT2D eigenvalue weighted by atomic mass is 32.2. The van der Waals surface area contributed by atoms with E-state index in [0.717, 1.165) is 5.75 Å². The van der Waals surface area contributed by atoms with Gasteiger partial charge in [-0.05, 0) is 42.9 Å². The predicted octanol–water partition coefficient (Wildman–Crippen LogP) is 1.46. The SMILES string of the molecule is O=C(NC(=S)N[C@H]1CCSC1=O)c1ccc(F)cc1. The molecule has 0 spiro atoms. The maximum atomic E-state index is 12.7. The highest BCUT2D eigenvalue weighted by molar-refractivity contribution is 8.14. The van der Waals surface area contributed by atoms with E-state index in [1.54, 1.807) is 0 Å². The molecule has 1 saturated heterocycles. The standard InChI is InChI=1S/C12H11FN2O2S2/c13-8-3-1-7(2-4-8)10(16)15-12(18)14-9-5-6-19-11(9)17/h1-4,9H,5-6H2,(H2,14,15,16,18)/t9-/m0/s1. The van der Waals surface area contributed by atoms with Gasteiger partial charge in [0.25, 0.3) is 5.91 Å². The van der Waals surface area contributed by atoms with Crippen LogP contribution in [0.4, 0.5) is 4.39 Å². The third-order valence-electron chi connectivity index (χ3n) is 2.57. The summed E-state index contributed by atoms with van der Waals surface area (Å²) in [4.78, 5) is 23.2. The predicted molar refractivity (Wildman–Crippen MR) is 75.5 cm³/mol. The van der Waals surface area contributed by atoms with E-state index in [1.807, 2.05) is 0 Å². The Balaban J connectivity index is 1.90. The second-order valence-electron chi connectivity index (χ2n) is 3.94. The van der Waals surface area contributed by atoms with Gasteiger partial charge < -0.3 is 5.32 Å². The summed E-state index contributed by atoms with van der Waals surface area (Å²) in [6.45, 7) is 0. The van der Waals surface area contributed by atoms with Crippen molar-refractivity contribution in [2.24, 2.45) is 0 Å². The molecule has 0 saturated carbocycles. The molecule has 19 heavy (non-hydrogen) atoms. The van der Waals surface area contributed by atoms with Crippen molar-refractivity contribution in [2.45, 2.75) is 12.5 Å². The minimum absolute atomic E-state index is 0.0263. The lowest BCUT2D eigenvalue weighted by atomic mass is 10.2. The molecule has 1 aliphatic heterocycles. The molecule has 1 atom stereocenters. The minimum atomic E-state index is -0.435. The van der Waals surface area contributed by atoms with Gasteiger partial charge in [0.05, 0.1) is 6.04 Å². The van der Waals surface area contributed by atoms with Crippen LogP contribution in [0.25, 0.3) is 0 Å². The molecule has 7 heteroatoms. The van der Waals surface area contributed by atoms with E-state index >= 15 is 0 Å². The van der Waals surface area contributed by atoms with Gasteiger partial charge in [0.15, 0.2) is 5.11 Å². The first-order valence-corrected chi connectivity index (χ1v) is 6.99. The molecule has 2 rings (SSSR count). The Kier molecular flexibility index (Phi) is 4.49. The average molecular weight is 298 g/mol. The normalized spacial score (nSPS) is 18.2. The van der Waals surface area contributed by atoms with Gasteiger partial charge in [-0.3, -0.25) is 14.9 Å². The minimum Gasteiger partial charge on any atom is -0.352 e. The number of nitrogens with one attached hydrogen (secondary N) is 2. The Morgan fingerprint density at radius 1 is 1.37 bits per heavy atom. The third-order valence-corrected chi connectivity index (χ3v) is 3.80. The molecular weight excluding hydrogens is 287 g/mol. The van der Waals surface area contributed by atoms with Crippen molar-refractivity contribution in [2.75, 3.05) is 5.75 Å². The number of thioether (sulfide) groups is 1. The van der Waals surface area contributed by atoms with E-state index in [9.17, 15) is 14.0 Å². The maximum Gasteiger partial charge on any atom is 0.257 e. The lowest BCUT2D eigenvalue weighted by Gasteiger charge is -2.13. The first-order valence-electron chi connectivity index (χ1n) is 5.60. The van der Waals surface area contributed by atoms with Crippen molar-refractivity contribution in [3.05, 3.63) is 35.6 Å². The van der Waals surface area contributed by atoms with Gasteiger partial charge in [-0.25, -0.2) is 4.39 Å². The van der Waals surface area contributed by atoms with Crippen molar-refractivity contribution in [3.8, 4) is 0 Å². The molecule has 0 radical (unpaired) electrons. The summed E-state index contributed by atoms with van der Waals surface area (Å²) in [5.41, 5.74) is 0.303. The van der Waals surface area contributed by atoms with Crippen LogP contribution in [0.5, 0.6) is 0 Å². The maximum absolute atomic E-state index is 12.7. The Bertz CT molecular complexity index is 519. The average Bonchev–Trinajstić information content (AvgIpc) is 2.75. The zero-order chi connectivity index (χ0) is 13.8. The molecular formula is C12H11FN2O2S2. The van der Waals surface area contributed by atoms with Crippen LogP contribution in [0.15, 0.2) is 24.3 Å². The fourth-order valence-electron chi connectivity index (χ4n) is 1.60. The van der Waals surface area contributed by atoms with Crippen LogP contribution in [0.3, 0.4) is 0 Å². The number of carbonyl (C=O) groups is 2. The Morgan fingerprint density at radius 2 is 2.05 bits per heavy atom. The molecule has 1 fully saturated rings. The quantitative estimate of drug-likeness (QED) is 0.810. The van der Waals surface area contributed by atoms with Crippen molar-refractivity contribution >= 4 is 40.1 Å². The van der Waals surface area contributed by atoms with Gasteiger partial charge in [-0.1, -0.05) is 11.8 Å². The number of hydrogen-bond donors (Lipinski definition) is 2. The van der Waals surface area contributed by atoms with Gasteiger partial charge >= 0.3 is 0 Å². The number of hydrogen-bond acceptors (Lipinski definition) is 4. The fourth-order valence-corrected chi connectivity index (χ4v) is 2.77. The zero-order valence-corrected chi connectivity index (χ0v) is 11.4. The van der Waals surface area contributed by atoms with Crippen LogP contribution in [-0.2, 0) is 4.79 Å². The molecule has 2 N–H and O–H groups in total. The second-order valence-corrected chi connectivity index (χ2v) is 5.45. The zero-order valence-electron chi connectivity index (χ0n) is 9.81. The van der Waals surface area contributed by atoms with Gasteiger partial charge in [-0.2, -0.15) is 0 Å². The van der Waals surface area contributed by atoms with Crippen LogP contribution in [0.2, 0.25) is 0 Å². The Hall–Kier alpha value is -1.47. The molecule has 1 aromatic rings. The molecule has 1 heterocycles. The summed E-state index contributed by atoms with van der Waals surface area (Å²) in [6.07, 6.45) is 0.691. The van der Waals surface area contributed by atoms with Crippen molar-refractivity contribution in [1.82, 2.24) is 10.6 Å². The van der Waals surface area contributed by atoms with Crippen LogP contribution < -0.4 is 10.6 Å². The van der Waals surface area contributed by atoms with E-state index in [2.05, 4.69) is 10.6 Å². The largest absolute Gasteiger partial charge is 0.352 e. The van der Waals surface area contributed by atoms with Gasteiger partial charge in [0.2, 0.25) is 5.12 Å². The highest BCUT2D eigenvalue weighted by Gasteiger charge is 2.26. The van der Waals surface area contributed by atoms with Crippen molar-refractivity contribution in [1.29, 1.82) is 0 Å². The van der Waals surface area contributed by atoms with Gasteiger partial charge in [-0.15, -0.1) is 0 Å². The number of carbonyl (C=O) groups excluding carboxylic acids is 2. The van der Waals surface area contributed by atoms with Gasteiger partial charge in [0, 0.05) is 11.3 Å². The number of benzene rings is 1. The van der Waals surface area contributed by atoms with Crippen molar-refractivity contribution in [3.63, 3.8) is 0 Å². The summed E-state index contributed by atoms with van der Waals surface area (Å²) in [6, 6.07) is 4.78. The van der Waals surface area contributed by atoms with Gasteiger partial charge in [0.1, 0.15) is 5.82 Å². The molecule has 1 aliphatic rings. The second kappa shape index (κ2) is 6.12. The van der Waals surface area contributed by atoms with E-state index in [4.69, 9.17) is 12.2 Å². The topological polar surface area (TPSA) is 58.2 Å². The number of halogens is 1. The lowest BCUT2D eigenvalue weighted by Crippen LogP contribution is -2.45. The highest BCUT2D eigenvalue weighted by Crippen LogP contribution is 2.19. The van der Waals surface area contributed by atoms with E-state index in [1.165, 1.54) is 36.0 Å². The third kappa shape index (κ3) is 3.74. The van der Waals surface area contributed by atoms with Crippen LogP contribution >= 0.6 is 24.0 Å². The molecule has 4 nitrogen and oxygen atoms in total. The fraction of sp³-hybridized carbons (Fsp3) is 0.250. The molecule has 0 aliphatic carbocycles. The summed E-state index contributed by atoms with van der Waals surface area (Å²) in [5.74, 6) is -0.0909. The van der Waals surface area contributed by atoms with E-state index in [-0.39, 0.29) is 16.3 Å². The Labute approximate surface area is 119 Å². The monoisotopic (exact) mass is 298 g/mol. The van der Waals surface area contributed by atoms with Crippen molar-refractivity contribution < 1.29 is 14.0 Å². The molecule has 0 aromatic heterocycles. The number of thiocarbonyl (C=S) groups is 1. The molecule has 0 bridgehead atoms. The molecule has 1 aromatic carbocycles.